The molecule has 0 aliphatic rings. The van der Waals surface area contributed by atoms with E-state index < -0.39 is 0 Å². The number of carbonyl (C=O) groups excluding carboxylic acids is 1. The maximum Gasteiger partial charge on any atom is 0.255 e. The lowest BCUT2D eigenvalue weighted by molar-refractivity contribution is 0.102. The van der Waals surface area contributed by atoms with Gasteiger partial charge in [-0.05, 0) is 49.7 Å². The van der Waals surface area contributed by atoms with E-state index in [4.69, 9.17) is 0 Å². The van der Waals surface area contributed by atoms with Crippen LogP contribution in [0.3, 0.4) is 0 Å². The molecule has 3 nitrogen and oxygen atoms in total. The standard InChI is InChI=1S/C17H16N2O/c1-11-3-5-15(12(2)9-11)19-17(20)14-4-6-16-13(10-14)7-8-18-16/h3-10,18H,1-2H3,(H,19,20). The second-order valence-corrected chi connectivity index (χ2v) is 5.05. The Hall–Kier alpha value is -2.55. The summed E-state index contributed by atoms with van der Waals surface area (Å²) in [6.07, 6.45) is 1.87. The SMILES string of the molecule is Cc1ccc(NC(=O)c2ccc3[nH]ccc3c2)c(C)c1. The first-order chi connectivity index (χ1) is 9.63. The molecular weight excluding hydrogens is 248 g/mol. The van der Waals surface area contributed by atoms with Crippen molar-refractivity contribution in [2.75, 3.05) is 5.32 Å². The van der Waals surface area contributed by atoms with Gasteiger partial charge >= 0.3 is 0 Å². The molecule has 3 aromatic rings. The summed E-state index contributed by atoms with van der Waals surface area (Å²) in [7, 11) is 0. The molecule has 1 heterocycles. The van der Waals surface area contributed by atoms with E-state index in [-0.39, 0.29) is 5.91 Å². The first-order valence-corrected chi connectivity index (χ1v) is 6.59. The van der Waals surface area contributed by atoms with Gasteiger partial charge in [0.25, 0.3) is 5.91 Å². The summed E-state index contributed by atoms with van der Waals surface area (Å²) < 4.78 is 0. The van der Waals surface area contributed by atoms with Gasteiger partial charge < -0.3 is 10.3 Å². The van der Waals surface area contributed by atoms with Crippen LogP contribution in [0.25, 0.3) is 10.9 Å². The predicted molar refractivity (Wildman–Crippen MR) is 82.2 cm³/mol. The number of aromatic nitrogens is 1. The zero-order chi connectivity index (χ0) is 14.1. The van der Waals surface area contributed by atoms with Gasteiger partial charge in [-0.2, -0.15) is 0 Å². The molecule has 20 heavy (non-hydrogen) atoms. The average Bonchev–Trinajstić information content (AvgIpc) is 2.89. The van der Waals surface area contributed by atoms with Gasteiger partial charge in [-0.15, -0.1) is 0 Å². The van der Waals surface area contributed by atoms with Gasteiger partial charge in [0.15, 0.2) is 0 Å². The molecule has 3 rings (SSSR count). The smallest absolute Gasteiger partial charge is 0.255 e. The number of fused-ring (bicyclic) bond motifs is 1. The third-order valence-electron chi connectivity index (χ3n) is 3.45. The zero-order valence-electron chi connectivity index (χ0n) is 11.5. The molecule has 0 spiro atoms. The summed E-state index contributed by atoms with van der Waals surface area (Å²) in [6, 6.07) is 13.6. The summed E-state index contributed by atoms with van der Waals surface area (Å²) in [6.45, 7) is 4.04. The molecule has 2 aromatic carbocycles. The van der Waals surface area contributed by atoms with Crippen molar-refractivity contribution in [3.05, 3.63) is 65.4 Å². The molecule has 0 bridgehead atoms. The molecule has 0 fully saturated rings. The quantitative estimate of drug-likeness (QED) is 0.721. The fraction of sp³-hybridized carbons (Fsp3) is 0.118. The predicted octanol–water partition coefficient (Wildman–Crippen LogP) is 4.04. The van der Waals surface area contributed by atoms with Gasteiger partial charge in [0, 0.05) is 28.4 Å². The van der Waals surface area contributed by atoms with Crippen LogP contribution in [0, 0.1) is 13.8 Å². The zero-order valence-corrected chi connectivity index (χ0v) is 11.5. The number of amides is 1. The molecule has 0 aliphatic heterocycles. The molecule has 0 unspecified atom stereocenters. The Morgan fingerprint density at radius 3 is 2.70 bits per heavy atom. The molecule has 3 heteroatoms. The van der Waals surface area contributed by atoms with Crippen LogP contribution in [-0.2, 0) is 0 Å². The van der Waals surface area contributed by atoms with Gasteiger partial charge in [-0.25, -0.2) is 0 Å². The molecule has 1 aromatic heterocycles. The van der Waals surface area contributed by atoms with E-state index in [1.54, 1.807) is 0 Å². The topological polar surface area (TPSA) is 44.9 Å². The Labute approximate surface area is 117 Å². The molecular formula is C17H16N2O. The fourth-order valence-corrected chi connectivity index (χ4v) is 2.34. The van der Waals surface area contributed by atoms with Crippen molar-refractivity contribution in [2.24, 2.45) is 0 Å². The minimum Gasteiger partial charge on any atom is -0.361 e. The number of aromatic amines is 1. The molecule has 0 aliphatic carbocycles. The number of benzene rings is 2. The molecule has 100 valence electrons. The molecule has 0 atom stereocenters. The molecule has 2 N–H and O–H groups in total. The molecule has 0 saturated carbocycles. The Bertz CT molecular complexity index is 787. The second kappa shape index (κ2) is 4.85. The van der Waals surface area contributed by atoms with E-state index in [0.29, 0.717) is 5.56 Å². The molecule has 1 amide bonds. The van der Waals surface area contributed by atoms with Gasteiger partial charge in [0.05, 0.1) is 0 Å². The monoisotopic (exact) mass is 264 g/mol. The van der Waals surface area contributed by atoms with Crippen LogP contribution in [0.2, 0.25) is 0 Å². The number of H-pyrrole nitrogens is 1. The number of nitrogens with one attached hydrogen (secondary N) is 2. The normalized spacial score (nSPS) is 10.7. The summed E-state index contributed by atoms with van der Waals surface area (Å²) >= 11 is 0. The largest absolute Gasteiger partial charge is 0.361 e. The van der Waals surface area contributed by atoms with Crippen LogP contribution in [-0.4, -0.2) is 10.9 Å². The Morgan fingerprint density at radius 2 is 1.90 bits per heavy atom. The van der Waals surface area contributed by atoms with Crippen LogP contribution >= 0.6 is 0 Å². The van der Waals surface area contributed by atoms with Crippen LogP contribution in [0.15, 0.2) is 48.7 Å². The maximum atomic E-state index is 12.3. The van der Waals surface area contributed by atoms with Crippen molar-refractivity contribution in [3.63, 3.8) is 0 Å². The van der Waals surface area contributed by atoms with E-state index in [1.165, 1.54) is 5.56 Å². The van der Waals surface area contributed by atoms with Crippen molar-refractivity contribution in [3.8, 4) is 0 Å². The van der Waals surface area contributed by atoms with Crippen molar-refractivity contribution in [1.82, 2.24) is 4.98 Å². The van der Waals surface area contributed by atoms with Gasteiger partial charge in [0.2, 0.25) is 0 Å². The Balaban J connectivity index is 1.88. The highest BCUT2D eigenvalue weighted by Gasteiger charge is 2.08. The van der Waals surface area contributed by atoms with Gasteiger partial charge in [0.1, 0.15) is 0 Å². The minimum absolute atomic E-state index is 0.0833. The van der Waals surface area contributed by atoms with Crippen LogP contribution < -0.4 is 5.32 Å². The molecule has 0 radical (unpaired) electrons. The summed E-state index contributed by atoms with van der Waals surface area (Å²) in [4.78, 5) is 15.4. The van der Waals surface area contributed by atoms with E-state index in [1.807, 2.05) is 56.4 Å². The highest BCUT2D eigenvalue weighted by molar-refractivity contribution is 6.06. The number of carbonyl (C=O) groups is 1. The minimum atomic E-state index is -0.0833. The third kappa shape index (κ3) is 2.30. The first kappa shape index (κ1) is 12.5. The lowest BCUT2D eigenvalue weighted by Crippen LogP contribution is -2.12. The van der Waals surface area contributed by atoms with Crippen molar-refractivity contribution in [1.29, 1.82) is 0 Å². The van der Waals surface area contributed by atoms with E-state index in [2.05, 4.69) is 16.4 Å². The number of hydrogen-bond donors (Lipinski definition) is 2. The van der Waals surface area contributed by atoms with Crippen molar-refractivity contribution in [2.45, 2.75) is 13.8 Å². The second-order valence-electron chi connectivity index (χ2n) is 5.05. The van der Waals surface area contributed by atoms with Crippen molar-refractivity contribution < 1.29 is 4.79 Å². The maximum absolute atomic E-state index is 12.3. The van der Waals surface area contributed by atoms with Crippen LogP contribution in [0.4, 0.5) is 5.69 Å². The summed E-state index contributed by atoms with van der Waals surface area (Å²) in [5.74, 6) is -0.0833. The van der Waals surface area contributed by atoms with Crippen LogP contribution in [0.1, 0.15) is 21.5 Å². The number of anilines is 1. The van der Waals surface area contributed by atoms with Crippen molar-refractivity contribution >= 4 is 22.5 Å². The lowest BCUT2D eigenvalue weighted by atomic mass is 10.1. The van der Waals surface area contributed by atoms with Gasteiger partial charge in [-0.1, -0.05) is 17.7 Å². The van der Waals surface area contributed by atoms with Crippen LogP contribution in [0.5, 0.6) is 0 Å². The lowest BCUT2D eigenvalue weighted by Gasteiger charge is -2.09. The van der Waals surface area contributed by atoms with Gasteiger partial charge in [-0.3, -0.25) is 4.79 Å². The third-order valence-corrected chi connectivity index (χ3v) is 3.45. The number of hydrogen-bond acceptors (Lipinski definition) is 1. The summed E-state index contributed by atoms with van der Waals surface area (Å²) in [5, 5.41) is 4.00. The fourth-order valence-electron chi connectivity index (χ4n) is 2.34. The van der Waals surface area contributed by atoms with E-state index in [9.17, 15) is 4.79 Å². The average molecular weight is 264 g/mol. The first-order valence-electron chi connectivity index (χ1n) is 6.59. The highest BCUT2D eigenvalue weighted by atomic mass is 16.1. The number of rotatable bonds is 2. The number of aryl methyl sites for hydroxylation is 2. The molecule has 0 saturated heterocycles. The Morgan fingerprint density at radius 1 is 1.05 bits per heavy atom. The Kier molecular flexibility index (Phi) is 3.03. The van der Waals surface area contributed by atoms with E-state index in [0.717, 1.165) is 22.2 Å². The van der Waals surface area contributed by atoms with E-state index >= 15 is 0 Å². The summed E-state index contributed by atoms with van der Waals surface area (Å²) in [5.41, 5.74) is 4.82. The highest BCUT2D eigenvalue weighted by Crippen LogP contribution is 2.19.